The molecule has 3 heterocycles. The standard InChI is InChI=1S/C27H26N6O2/c1-17(35-21-6-4-12-28-15-21)13-29-26(34)23-16-31-33(25(23)19-9-10-19)27-30-14-20-11-8-18-5-2-3-7-22(18)24(20)32-27/h2-7,12,14-17,19H,8-11,13H2,1H3,(H,29,34)/t17-/m0/s1. The Morgan fingerprint density at radius 3 is 2.80 bits per heavy atom. The van der Waals surface area contributed by atoms with Gasteiger partial charge in [0.1, 0.15) is 11.9 Å². The molecule has 0 spiro atoms. The van der Waals surface area contributed by atoms with Gasteiger partial charge in [-0.15, -0.1) is 0 Å². The maximum Gasteiger partial charge on any atom is 0.254 e. The van der Waals surface area contributed by atoms with Gasteiger partial charge in [-0.3, -0.25) is 9.78 Å². The van der Waals surface area contributed by atoms with Crippen molar-refractivity contribution in [2.75, 3.05) is 6.54 Å². The largest absolute Gasteiger partial charge is 0.487 e. The molecule has 6 rings (SSSR count). The minimum absolute atomic E-state index is 0.164. The number of ether oxygens (including phenoxy) is 1. The summed E-state index contributed by atoms with van der Waals surface area (Å²) in [6, 6.07) is 12.0. The van der Waals surface area contributed by atoms with Gasteiger partial charge in [0, 0.05) is 23.9 Å². The van der Waals surface area contributed by atoms with Crippen LogP contribution in [-0.2, 0) is 12.8 Å². The van der Waals surface area contributed by atoms with E-state index in [2.05, 4.69) is 38.6 Å². The van der Waals surface area contributed by atoms with Gasteiger partial charge < -0.3 is 10.1 Å². The van der Waals surface area contributed by atoms with Crippen LogP contribution in [0.1, 0.15) is 52.9 Å². The fourth-order valence-corrected chi connectivity index (χ4v) is 4.62. The lowest BCUT2D eigenvalue weighted by molar-refractivity contribution is 0.0931. The zero-order chi connectivity index (χ0) is 23.8. The van der Waals surface area contributed by atoms with Crippen molar-refractivity contribution in [1.82, 2.24) is 30.0 Å². The molecule has 0 unspecified atom stereocenters. The van der Waals surface area contributed by atoms with Gasteiger partial charge in [0.2, 0.25) is 0 Å². The lowest BCUT2D eigenvalue weighted by Crippen LogP contribution is -2.34. The molecule has 0 aliphatic heterocycles. The van der Waals surface area contributed by atoms with E-state index in [1.807, 2.05) is 31.3 Å². The van der Waals surface area contributed by atoms with Gasteiger partial charge in [-0.1, -0.05) is 24.3 Å². The summed E-state index contributed by atoms with van der Waals surface area (Å²) in [5.74, 6) is 1.30. The number of carbonyl (C=O) groups is 1. The molecule has 8 nitrogen and oxygen atoms in total. The van der Waals surface area contributed by atoms with Crippen LogP contribution in [0.3, 0.4) is 0 Å². The Balaban J connectivity index is 1.25. The summed E-state index contributed by atoms with van der Waals surface area (Å²) in [7, 11) is 0. The molecule has 4 aromatic rings. The number of rotatable bonds is 7. The Hall–Kier alpha value is -4.07. The highest BCUT2D eigenvalue weighted by molar-refractivity contribution is 5.95. The van der Waals surface area contributed by atoms with Crippen LogP contribution in [0.2, 0.25) is 0 Å². The Morgan fingerprint density at radius 2 is 1.97 bits per heavy atom. The average molecular weight is 467 g/mol. The summed E-state index contributed by atoms with van der Waals surface area (Å²) in [6.07, 6.45) is 10.7. The molecule has 3 aromatic heterocycles. The number of hydrogen-bond acceptors (Lipinski definition) is 6. The molecule has 1 N–H and O–H groups in total. The second kappa shape index (κ2) is 8.94. The molecular weight excluding hydrogens is 440 g/mol. The molecule has 2 aliphatic rings. The third-order valence-electron chi connectivity index (χ3n) is 6.51. The maximum atomic E-state index is 13.1. The van der Waals surface area contributed by atoms with Crippen molar-refractivity contribution in [3.63, 3.8) is 0 Å². The van der Waals surface area contributed by atoms with Crippen LogP contribution in [0.4, 0.5) is 0 Å². The number of hydrogen-bond donors (Lipinski definition) is 1. The summed E-state index contributed by atoms with van der Waals surface area (Å²) in [4.78, 5) is 26.7. The first-order valence-corrected chi connectivity index (χ1v) is 12.0. The molecular formula is C27H26N6O2. The Morgan fingerprint density at radius 1 is 1.11 bits per heavy atom. The van der Waals surface area contributed by atoms with Gasteiger partial charge in [0.05, 0.1) is 35.9 Å². The van der Waals surface area contributed by atoms with Crippen molar-refractivity contribution in [3.8, 4) is 23.0 Å². The first-order chi connectivity index (χ1) is 17.2. The lowest BCUT2D eigenvalue weighted by Gasteiger charge is -2.19. The van der Waals surface area contributed by atoms with Crippen molar-refractivity contribution in [2.45, 2.75) is 44.6 Å². The van der Waals surface area contributed by atoms with Crippen LogP contribution in [0.25, 0.3) is 17.2 Å². The number of amides is 1. The van der Waals surface area contributed by atoms with E-state index < -0.39 is 0 Å². The van der Waals surface area contributed by atoms with E-state index >= 15 is 0 Å². The molecule has 1 saturated carbocycles. The zero-order valence-electron chi connectivity index (χ0n) is 19.5. The van der Waals surface area contributed by atoms with Crippen molar-refractivity contribution >= 4 is 5.91 Å². The fourth-order valence-electron chi connectivity index (χ4n) is 4.62. The smallest absolute Gasteiger partial charge is 0.254 e. The number of benzene rings is 1. The number of fused-ring (bicyclic) bond motifs is 3. The summed E-state index contributed by atoms with van der Waals surface area (Å²) < 4.78 is 7.58. The topological polar surface area (TPSA) is 94.8 Å². The van der Waals surface area contributed by atoms with E-state index in [1.165, 1.54) is 5.56 Å². The highest BCUT2D eigenvalue weighted by atomic mass is 16.5. The third kappa shape index (κ3) is 4.27. The van der Waals surface area contributed by atoms with E-state index in [0.717, 1.165) is 48.2 Å². The van der Waals surface area contributed by atoms with Gasteiger partial charge >= 0.3 is 0 Å². The van der Waals surface area contributed by atoms with Gasteiger partial charge in [0.25, 0.3) is 11.9 Å². The van der Waals surface area contributed by atoms with E-state index in [-0.39, 0.29) is 17.9 Å². The van der Waals surface area contributed by atoms with Crippen molar-refractivity contribution in [1.29, 1.82) is 0 Å². The molecule has 0 radical (unpaired) electrons. The second-order valence-electron chi connectivity index (χ2n) is 9.16. The van der Waals surface area contributed by atoms with Gasteiger partial charge in [0.15, 0.2) is 0 Å². The lowest BCUT2D eigenvalue weighted by atomic mass is 9.90. The molecule has 0 saturated heterocycles. The van der Waals surface area contributed by atoms with Crippen LogP contribution in [0, 0.1) is 0 Å². The van der Waals surface area contributed by atoms with E-state index in [1.54, 1.807) is 23.3 Å². The molecule has 1 atom stereocenters. The van der Waals surface area contributed by atoms with Gasteiger partial charge in [-0.25, -0.2) is 14.6 Å². The van der Waals surface area contributed by atoms with Crippen LogP contribution >= 0.6 is 0 Å². The highest BCUT2D eigenvalue weighted by Gasteiger charge is 2.34. The van der Waals surface area contributed by atoms with Crippen LogP contribution in [0.5, 0.6) is 5.75 Å². The van der Waals surface area contributed by atoms with Crippen LogP contribution in [-0.4, -0.2) is 43.3 Å². The van der Waals surface area contributed by atoms with Crippen molar-refractivity contribution in [2.24, 2.45) is 0 Å². The maximum absolute atomic E-state index is 13.1. The Labute approximate surface area is 203 Å². The van der Waals surface area contributed by atoms with Gasteiger partial charge in [-0.05, 0) is 55.9 Å². The van der Waals surface area contributed by atoms with E-state index in [9.17, 15) is 4.79 Å². The van der Waals surface area contributed by atoms with Crippen molar-refractivity contribution in [3.05, 3.63) is 83.6 Å². The first-order valence-electron chi connectivity index (χ1n) is 12.0. The first kappa shape index (κ1) is 21.5. The minimum atomic E-state index is -0.202. The molecule has 176 valence electrons. The summed E-state index contributed by atoms with van der Waals surface area (Å²) in [5.41, 5.74) is 6.01. The molecule has 1 fully saturated rings. The molecule has 1 aromatic carbocycles. The highest BCUT2D eigenvalue weighted by Crippen LogP contribution is 2.42. The van der Waals surface area contributed by atoms with Crippen LogP contribution in [0.15, 0.2) is 61.2 Å². The summed E-state index contributed by atoms with van der Waals surface area (Å²) in [5, 5.41) is 7.55. The van der Waals surface area contributed by atoms with E-state index in [0.29, 0.717) is 23.8 Å². The number of aromatic nitrogens is 5. The third-order valence-corrected chi connectivity index (χ3v) is 6.51. The Kier molecular flexibility index (Phi) is 5.48. The van der Waals surface area contributed by atoms with E-state index in [4.69, 9.17) is 9.72 Å². The predicted octanol–water partition coefficient (Wildman–Crippen LogP) is 3.90. The summed E-state index contributed by atoms with van der Waals surface area (Å²) in [6.45, 7) is 2.28. The Bertz CT molecular complexity index is 1380. The number of nitrogens with zero attached hydrogens (tertiary/aromatic N) is 5. The predicted molar refractivity (Wildman–Crippen MR) is 131 cm³/mol. The molecule has 35 heavy (non-hydrogen) atoms. The van der Waals surface area contributed by atoms with Gasteiger partial charge in [-0.2, -0.15) is 5.10 Å². The number of carbonyl (C=O) groups excluding carboxylic acids is 1. The average Bonchev–Trinajstić information content (AvgIpc) is 3.65. The molecule has 8 heteroatoms. The van der Waals surface area contributed by atoms with Crippen LogP contribution < -0.4 is 10.1 Å². The number of aryl methyl sites for hydroxylation is 2. The zero-order valence-corrected chi connectivity index (χ0v) is 19.5. The SMILES string of the molecule is C[C@@H](CNC(=O)c1cnn(-c2ncc3c(n2)-c2ccccc2CC3)c1C1CC1)Oc1cccnc1. The second-order valence-corrected chi connectivity index (χ2v) is 9.16. The minimum Gasteiger partial charge on any atom is -0.487 e. The molecule has 1 amide bonds. The fraction of sp³-hybridized carbons (Fsp3) is 0.296. The number of pyridine rings is 1. The molecule has 0 bridgehead atoms. The number of nitrogens with one attached hydrogen (secondary N) is 1. The quantitative estimate of drug-likeness (QED) is 0.444. The summed E-state index contributed by atoms with van der Waals surface area (Å²) >= 11 is 0. The molecule has 2 aliphatic carbocycles. The monoisotopic (exact) mass is 466 g/mol. The van der Waals surface area contributed by atoms with Crippen molar-refractivity contribution < 1.29 is 9.53 Å². The normalized spacial score (nSPS) is 15.1.